The molecule has 0 aliphatic carbocycles. The van der Waals surface area contributed by atoms with Crippen LogP contribution in [0.25, 0.3) is 0 Å². The molecular formula is C23H28Cl2N2O3S. The summed E-state index contributed by atoms with van der Waals surface area (Å²) in [7, 11) is 0. The number of hydrogen-bond donors (Lipinski definition) is 2. The second kappa shape index (κ2) is 12.8. The molecule has 0 spiro atoms. The lowest BCUT2D eigenvalue weighted by Gasteiger charge is -2.19. The first-order chi connectivity index (χ1) is 14.8. The van der Waals surface area contributed by atoms with Gasteiger partial charge in [0.1, 0.15) is 11.8 Å². The number of amides is 2. The van der Waals surface area contributed by atoms with Crippen LogP contribution in [-0.2, 0) is 11.3 Å². The molecule has 0 saturated heterocycles. The molecule has 168 valence electrons. The Bertz CT molecular complexity index is 876. The maximum absolute atomic E-state index is 12.8. The summed E-state index contributed by atoms with van der Waals surface area (Å²) in [5, 5.41) is 6.38. The molecule has 8 heteroatoms. The zero-order valence-corrected chi connectivity index (χ0v) is 20.2. The van der Waals surface area contributed by atoms with Gasteiger partial charge in [-0.1, -0.05) is 49.2 Å². The van der Waals surface area contributed by atoms with Crippen LogP contribution in [-0.4, -0.2) is 36.5 Å². The maximum Gasteiger partial charge on any atom is 0.253 e. The smallest absolute Gasteiger partial charge is 0.253 e. The number of hydrogen-bond acceptors (Lipinski definition) is 4. The molecule has 2 aromatic carbocycles. The molecule has 0 heterocycles. The Kier molecular flexibility index (Phi) is 10.5. The molecule has 1 atom stereocenters. The van der Waals surface area contributed by atoms with Crippen molar-refractivity contribution in [3.8, 4) is 5.75 Å². The van der Waals surface area contributed by atoms with Crippen LogP contribution < -0.4 is 15.4 Å². The minimum absolute atomic E-state index is 0.243. The van der Waals surface area contributed by atoms with Crippen LogP contribution in [0.5, 0.6) is 5.75 Å². The summed E-state index contributed by atoms with van der Waals surface area (Å²) >= 11 is 13.6. The third-order valence-corrected chi connectivity index (χ3v) is 5.57. The average molecular weight is 483 g/mol. The Balaban J connectivity index is 1.96. The Morgan fingerprint density at radius 1 is 1.10 bits per heavy atom. The number of carbonyl (C=O) groups is 2. The molecule has 2 amide bonds. The van der Waals surface area contributed by atoms with E-state index in [0.717, 1.165) is 17.1 Å². The van der Waals surface area contributed by atoms with Crippen molar-refractivity contribution in [2.45, 2.75) is 32.9 Å². The fourth-order valence-electron chi connectivity index (χ4n) is 2.69. The van der Waals surface area contributed by atoms with Gasteiger partial charge in [-0.05, 0) is 60.2 Å². The molecule has 0 aliphatic rings. The highest BCUT2D eigenvalue weighted by atomic mass is 35.5. The van der Waals surface area contributed by atoms with Gasteiger partial charge in [-0.25, -0.2) is 0 Å². The highest BCUT2D eigenvalue weighted by Gasteiger charge is 2.22. The third kappa shape index (κ3) is 8.63. The number of rotatable bonds is 11. The van der Waals surface area contributed by atoms with Crippen LogP contribution in [0.2, 0.25) is 10.0 Å². The van der Waals surface area contributed by atoms with Gasteiger partial charge < -0.3 is 15.4 Å². The minimum atomic E-state index is -0.666. The van der Waals surface area contributed by atoms with Crippen LogP contribution in [0.15, 0.2) is 42.5 Å². The number of thioether (sulfide) groups is 1. The largest absolute Gasteiger partial charge is 0.493 e. The molecule has 0 fully saturated rings. The zero-order chi connectivity index (χ0) is 22.8. The van der Waals surface area contributed by atoms with E-state index < -0.39 is 11.9 Å². The molecule has 2 aromatic rings. The molecule has 0 aliphatic heterocycles. The summed E-state index contributed by atoms with van der Waals surface area (Å²) < 4.78 is 5.68. The van der Waals surface area contributed by atoms with E-state index in [9.17, 15) is 9.59 Å². The summed E-state index contributed by atoms with van der Waals surface area (Å²) in [5.41, 5.74) is 1.23. The number of nitrogens with one attached hydrogen (secondary N) is 2. The Morgan fingerprint density at radius 2 is 1.81 bits per heavy atom. The Hall–Kier alpha value is -1.89. The van der Waals surface area contributed by atoms with E-state index in [1.807, 2.05) is 30.5 Å². The molecular weight excluding hydrogens is 455 g/mol. The normalized spacial score (nSPS) is 11.8. The van der Waals surface area contributed by atoms with Crippen molar-refractivity contribution in [2.24, 2.45) is 5.92 Å². The summed E-state index contributed by atoms with van der Waals surface area (Å²) in [4.78, 5) is 25.4. The van der Waals surface area contributed by atoms with Gasteiger partial charge in [0, 0.05) is 11.6 Å². The van der Waals surface area contributed by atoms with E-state index in [-0.39, 0.29) is 16.5 Å². The summed E-state index contributed by atoms with van der Waals surface area (Å²) in [6, 6.07) is 11.6. The standard InChI is InChI=1S/C23H28Cl2N2O3S/c1-15(2)14-30-18-7-4-16(5-8-18)13-26-23(29)21(10-11-31-3)27-22(28)19-9-6-17(24)12-20(19)25/h4-9,12,15,21H,10-11,13-14H2,1-3H3,(H,26,29)(H,27,28). The summed E-state index contributed by atoms with van der Waals surface area (Å²) in [6.45, 7) is 5.20. The van der Waals surface area contributed by atoms with Crippen molar-refractivity contribution < 1.29 is 14.3 Å². The first-order valence-electron chi connectivity index (χ1n) is 10.0. The van der Waals surface area contributed by atoms with Crippen molar-refractivity contribution >= 4 is 46.8 Å². The highest BCUT2D eigenvalue weighted by molar-refractivity contribution is 7.98. The number of carbonyl (C=O) groups excluding carboxylic acids is 2. The van der Waals surface area contributed by atoms with E-state index in [4.69, 9.17) is 27.9 Å². The average Bonchev–Trinajstić information content (AvgIpc) is 2.74. The van der Waals surface area contributed by atoms with Gasteiger partial charge in [0.05, 0.1) is 17.2 Å². The molecule has 0 saturated carbocycles. The quantitative estimate of drug-likeness (QED) is 0.461. The highest BCUT2D eigenvalue weighted by Crippen LogP contribution is 2.21. The number of ether oxygens (including phenoxy) is 1. The van der Waals surface area contributed by atoms with Crippen molar-refractivity contribution in [3.63, 3.8) is 0 Å². The van der Waals surface area contributed by atoms with Crippen molar-refractivity contribution in [1.29, 1.82) is 0 Å². The topological polar surface area (TPSA) is 67.4 Å². The van der Waals surface area contributed by atoms with Gasteiger partial charge in [-0.15, -0.1) is 0 Å². The summed E-state index contributed by atoms with van der Waals surface area (Å²) in [6.07, 6.45) is 2.46. The Morgan fingerprint density at radius 3 is 2.42 bits per heavy atom. The van der Waals surface area contributed by atoms with Crippen molar-refractivity contribution in [2.75, 3.05) is 18.6 Å². The second-order valence-corrected chi connectivity index (χ2v) is 9.33. The molecule has 0 bridgehead atoms. The van der Waals surface area contributed by atoms with E-state index >= 15 is 0 Å². The van der Waals surface area contributed by atoms with Crippen LogP contribution in [0.1, 0.15) is 36.2 Å². The molecule has 5 nitrogen and oxygen atoms in total. The zero-order valence-electron chi connectivity index (χ0n) is 17.9. The van der Waals surface area contributed by atoms with Gasteiger partial charge in [0.25, 0.3) is 5.91 Å². The van der Waals surface area contributed by atoms with Crippen LogP contribution in [0.4, 0.5) is 0 Å². The van der Waals surface area contributed by atoms with Crippen molar-refractivity contribution in [3.05, 3.63) is 63.6 Å². The lowest BCUT2D eigenvalue weighted by atomic mass is 10.1. The van der Waals surface area contributed by atoms with Crippen LogP contribution >= 0.6 is 35.0 Å². The van der Waals surface area contributed by atoms with Gasteiger partial charge in [0.15, 0.2) is 0 Å². The molecule has 1 unspecified atom stereocenters. The first-order valence-corrected chi connectivity index (χ1v) is 12.2. The Labute approximate surface area is 198 Å². The fourth-order valence-corrected chi connectivity index (χ4v) is 3.66. The van der Waals surface area contributed by atoms with Gasteiger partial charge in [0.2, 0.25) is 5.91 Å². The molecule has 31 heavy (non-hydrogen) atoms. The molecule has 0 radical (unpaired) electrons. The fraction of sp³-hybridized carbons (Fsp3) is 0.391. The minimum Gasteiger partial charge on any atom is -0.493 e. The third-order valence-electron chi connectivity index (χ3n) is 4.38. The van der Waals surface area contributed by atoms with Crippen LogP contribution in [0, 0.1) is 5.92 Å². The van der Waals surface area contributed by atoms with E-state index in [2.05, 4.69) is 24.5 Å². The monoisotopic (exact) mass is 482 g/mol. The lowest BCUT2D eigenvalue weighted by molar-refractivity contribution is -0.123. The summed E-state index contributed by atoms with van der Waals surface area (Å²) in [5.74, 6) is 1.33. The molecule has 0 aromatic heterocycles. The number of halogens is 2. The first kappa shape index (κ1) is 25.4. The molecule has 2 N–H and O–H groups in total. The van der Waals surface area contributed by atoms with Gasteiger partial charge in [-0.3, -0.25) is 9.59 Å². The predicted octanol–water partition coefficient (Wildman–Crippen LogP) is 5.20. The predicted molar refractivity (Wildman–Crippen MR) is 129 cm³/mol. The van der Waals surface area contributed by atoms with Gasteiger partial charge >= 0.3 is 0 Å². The van der Waals surface area contributed by atoms with E-state index in [0.29, 0.717) is 30.5 Å². The van der Waals surface area contributed by atoms with E-state index in [1.165, 1.54) is 6.07 Å². The maximum atomic E-state index is 12.8. The molecule has 2 rings (SSSR count). The SMILES string of the molecule is CSCCC(NC(=O)c1ccc(Cl)cc1Cl)C(=O)NCc1ccc(OCC(C)C)cc1. The number of benzene rings is 2. The second-order valence-electron chi connectivity index (χ2n) is 7.50. The van der Waals surface area contributed by atoms with Crippen LogP contribution in [0.3, 0.4) is 0 Å². The lowest BCUT2D eigenvalue weighted by Crippen LogP contribution is -2.47. The van der Waals surface area contributed by atoms with E-state index in [1.54, 1.807) is 23.9 Å². The van der Waals surface area contributed by atoms with Gasteiger partial charge in [-0.2, -0.15) is 11.8 Å². The van der Waals surface area contributed by atoms with Crippen molar-refractivity contribution in [1.82, 2.24) is 10.6 Å².